The maximum absolute atomic E-state index is 13.8. The summed E-state index contributed by atoms with van der Waals surface area (Å²) >= 11 is 0. The highest BCUT2D eigenvalue weighted by molar-refractivity contribution is 8.25. The molecular weight excluding hydrogens is 591 g/mol. The van der Waals surface area contributed by atoms with Gasteiger partial charge in [0.2, 0.25) is 0 Å². The van der Waals surface area contributed by atoms with E-state index in [0.29, 0.717) is 42.0 Å². The van der Waals surface area contributed by atoms with Crippen molar-refractivity contribution < 1.29 is 32.2 Å². The van der Waals surface area contributed by atoms with E-state index in [1.54, 1.807) is 16.4 Å². The molecule has 0 bridgehead atoms. The quantitative estimate of drug-likeness (QED) is 0.161. The standard InChI is InChI=1S/C33H40F3N3O4S/c34-33(35,36)28-13-6-10-24(16-28)21-37-22-31(40)30(17-23-8-2-1-3-9-23)38-32(41)27-18-26(25-11-4-5-12-25)19-29(20-27)39-14-7-15-44(39,42)43/h1-3,6,8-10,13,16,18-20,25,30-31,37,40,42-43H,4-5,7,11-12,14-15,17,21-22H2,(H,38,41)/t30-,31-/m0/s1. The van der Waals surface area contributed by atoms with Crippen LogP contribution < -0.4 is 14.9 Å². The van der Waals surface area contributed by atoms with Gasteiger partial charge in [-0.25, -0.2) is 0 Å². The van der Waals surface area contributed by atoms with Crippen LogP contribution in [0.4, 0.5) is 18.9 Å². The van der Waals surface area contributed by atoms with Crippen molar-refractivity contribution in [2.45, 2.75) is 69.3 Å². The first-order chi connectivity index (χ1) is 21.0. The summed E-state index contributed by atoms with van der Waals surface area (Å²) in [6.07, 6.45) is -0.282. The fraction of sp³-hybridized carbons (Fsp3) is 0.424. The number of carbonyl (C=O) groups is 1. The molecule has 3 aromatic carbocycles. The van der Waals surface area contributed by atoms with Crippen molar-refractivity contribution in [3.63, 3.8) is 0 Å². The number of amides is 1. The zero-order chi connectivity index (χ0) is 31.3. The average molecular weight is 632 g/mol. The predicted octanol–water partition coefficient (Wildman–Crippen LogP) is 6.73. The highest BCUT2D eigenvalue weighted by Crippen LogP contribution is 2.51. The number of aliphatic hydroxyl groups is 1. The second-order valence-electron chi connectivity index (χ2n) is 11.8. The van der Waals surface area contributed by atoms with Crippen LogP contribution in [0.2, 0.25) is 0 Å². The average Bonchev–Trinajstić information content (AvgIpc) is 3.66. The molecule has 5 N–H and O–H groups in total. The fourth-order valence-corrected chi connectivity index (χ4v) is 7.73. The van der Waals surface area contributed by atoms with Gasteiger partial charge < -0.3 is 15.7 Å². The maximum atomic E-state index is 13.8. The molecule has 1 aliphatic heterocycles. The summed E-state index contributed by atoms with van der Waals surface area (Å²) in [6.45, 7) is 0.641. The number of hydrogen-bond donors (Lipinski definition) is 5. The van der Waals surface area contributed by atoms with E-state index in [1.807, 2.05) is 42.5 Å². The molecule has 3 aromatic rings. The minimum atomic E-state index is -4.44. The van der Waals surface area contributed by atoms with Crippen LogP contribution in [0, 0.1) is 0 Å². The first kappa shape index (κ1) is 32.3. The Hall–Kier alpha value is -3.09. The molecule has 11 heteroatoms. The Balaban J connectivity index is 1.34. The van der Waals surface area contributed by atoms with E-state index in [2.05, 4.69) is 10.6 Å². The zero-order valence-electron chi connectivity index (χ0n) is 24.5. The molecule has 0 radical (unpaired) electrons. The lowest BCUT2D eigenvalue weighted by Gasteiger charge is -2.38. The lowest BCUT2D eigenvalue weighted by Crippen LogP contribution is -2.48. The van der Waals surface area contributed by atoms with Gasteiger partial charge in [0, 0.05) is 25.2 Å². The Bertz CT molecular complexity index is 1420. The Morgan fingerprint density at radius 1 is 0.955 bits per heavy atom. The van der Waals surface area contributed by atoms with E-state index >= 15 is 0 Å². The number of aliphatic hydroxyl groups excluding tert-OH is 1. The molecule has 1 aliphatic carbocycles. The monoisotopic (exact) mass is 631 g/mol. The largest absolute Gasteiger partial charge is 0.416 e. The molecule has 2 aliphatic rings. The van der Waals surface area contributed by atoms with E-state index < -0.39 is 34.7 Å². The molecule has 1 heterocycles. The maximum Gasteiger partial charge on any atom is 0.416 e. The molecular formula is C33H40F3N3O4S. The predicted molar refractivity (Wildman–Crippen MR) is 168 cm³/mol. The molecule has 1 saturated heterocycles. The Morgan fingerprint density at radius 2 is 1.68 bits per heavy atom. The summed E-state index contributed by atoms with van der Waals surface area (Å²) in [5, 5.41) is 17.3. The minimum absolute atomic E-state index is 0.0378. The number of hydrogen-bond acceptors (Lipinski definition) is 6. The smallest absolute Gasteiger partial charge is 0.390 e. The van der Waals surface area contributed by atoms with E-state index in [1.165, 1.54) is 6.07 Å². The summed E-state index contributed by atoms with van der Waals surface area (Å²) < 4.78 is 62.3. The van der Waals surface area contributed by atoms with E-state index in [0.717, 1.165) is 48.9 Å². The van der Waals surface area contributed by atoms with Gasteiger partial charge in [0.15, 0.2) is 0 Å². The Morgan fingerprint density at radius 3 is 2.36 bits per heavy atom. The van der Waals surface area contributed by atoms with Crippen LogP contribution in [0.5, 0.6) is 0 Å². The molecule has 7 nitrogen and oxygen atoms in total. The lowest BCUT2D eigenvalue weighted by atomic mass is 9.94. The third kappa shape index (κ3) is 8.13. The molecule has 1 saturated carbocycles. The van der Waals surface area contributed by atoms with Crippen LogP contribution in [-0.2, 0) is 19.1 Å². The van der Waals surface area contributed by atoms with Crippen LogP contribution in [0.15, 0.2) is 72.8 Å². The summed E-state index contributed by atoms with van der Waals surface area (Å²) in [4.78, 5) is 13.8. The van der Waals surface area contributed by atoms with Gasteiger partial charge in [-0.05, 0) is 72.6 Å². The van der Waals surface area contributed by atoms with Gasteiger partial charge in [-0.2, -0.15) is 13.2 Å². The van der Waals surface area contributed by atoms with Crippen LogP contribution in [0.25, 0.3) is 0 Å². The van der Waals surface area contributed by atoms with Gasteiger partial charge in [0.05, 0.1) is 29.1 Å². The molecule has 44 heavy (non-hydrogen) atoms. The summed E-state index contributed by atoms with van der Waals surface area (Å²) in [5.74, 6) is 0.192. The molecule has 1 amide bonds. The SMILES string of the molecule is O=C(N[C@@H](Cc1ccccc1)[C@@H](O)CNCc1cccc(C(F)(F)F)c1)c1cc(C2CCCC2)cc(N2CCCS2(O)O)c1. The zero-order valence-corrected chi connectivity index (χ0v) is 25.3. The van der Waals surface area contributed by atoms with E-state index in [-0.39, 0.29) is 24.9 Å². The minimum Gasteiger partial charge on any atom is -0.390 e. The van der Waals surface area contributed by atoms with Crippen LogP contribution in [0.1, 0.15) is 70.6 Å². The van der Waals surface area contributed by atoms with Gasteiger partial charge in [0.1, 0.15) is 0 Å². The molecule has 238 valence electrons. The third-order valence-electron chi connectivity index (χ3n) is 8.47. The second-order valence-corrected chi connectivity index (χ2v) is 13.9. The van der Waals surface area contributed by atoms with Crippen LogP contribution in [-0.4, -0.2) is 51.1 Å². The topological polar surface area (TPSA) is 105 Å². The summed E-state index contributed by atoms with van der Waals surface area (Å²) in [5.41, 5.74) is 2.59. The van der Waals surface area contributed by atoms with Gasteiger partial charge in [-0.3, -0.25) is 18.2 Å². The Labute approximate surface area is 258 Å². The number of halogens is 3. The number of alkyl halides is 3. The highest BCUT2D eigenvalue weighted by Gasteiger charge is 2.32. The van der Waals surface area contributed by atoms with Gasteiger partial charge in [-0.1, -0.05) is 61.4 Å². The van der Waals surface area contributed by atoms with Crippen molar-refractivity contribution in [1.82, 2.24) is 10.6 Å². The second kappa shape index (κ2) is 13.9. The number of nitrogens with one attached hydrogen (secondary N) is 2. The molecule has 0 unspecified atom stereocenters. The molecule has 0 spiro atoms. The van der Waals surface area contributed by atoms with Crippen molar-refractivity contribution in [2.24, 2.45) is 0 Å². The number of carbonyl (C=O) groups excluding carboxylic acids is 1. The van der Waals surface area contributed by atoms with Crippen molar-refractivity contribution in [3.8, 4) is 0 Å². The third-order valence-corrected chi connectivity index (χ3v) is 10.4. The van der Waals surface area contributed by atoms with Gasteiger partial charge >= 0.3 is 6.18 Å². The number of rotatable bonds is 11. The van der Waals surface area contributed by atoms with E-state index in [4.69, 9.17) is 0 Å². The summed E-state index contributed by atoms with van der Waals surface area (Å²) in [6, 6.07) is 19.3. The van der Waals surface area contributed by atoms with Gasteiger partial charge in [0.25, 0.3) is 5.91 Å². The number of anilines is 1. The molecule has 0 aromatic heterocycles. The van der Waals surface area contributed by atoms with Crippen molar-refractivity contribution in [2.75, 3.05) is 23.1 Å². The highest BCUT2D eigenvalue weighted by atomic mass is 32.3. The van der Waals surface area contributed by atoms with Gasteiger partial charge in [-0.15, -0.1) is 10.8 Å². The van der Waals surface area contributed by atoms with Crippen molar-refractivity contribution in [1.29, 1.82) is 0 Å². The van der Waals surface area contributed by atoms with Crippen LogP contribution in [0.3, 0.4) is 0 Å². The van der Waals surface area contributed by atoms with Crippen molar-refractivity contribution in [3.05, 3.63) is 101 Å². The van der Waals surface area contributed by atoms with E-state index in [9.17, 15) is 32.2 Å². The van der Waals surface area contributed by atoms with Crippen molar-refractivity contribution >= 4 is 22.4 Å². The fourth-order valence-electron chi connectivity index (χ4n) is 6.13. The first-order valence-electron chi connectivity index (χ1n) is 15.1. The lowest BCUT2D eigenvalue weighted by molar-refractivity contribution is -0.137. The Kier molecular flexibility index (Phi) is 10.2. The molecule has 2 atom stereocenters. The first-order valence-corrected chi connectivity index (χ1v) is 16.8. The molecule has 5 rings (SSSR count). The number of nitrogens with zero attached hydrogens (tertiary/aromatic N) is 1. The normalized spacial score (nSPS) is 19.1. The molecule has 2 fully saturated rings. The number of benzene rings is 3. The summed E-state index contributed by atoms with van der Waals surface area (Å²) in [7, 11) is -2.95. The van der Waals surface area contributed by atoms with Crippen LogP contribution >= 0.6 is 10.8 Å².